The maximum absolute atomic E-state index is 12.8. The van der Waals surface area contributed by atoms with Gasteiger partial charge in [0.25, 0.3) is 0 Å². The fourth-order valence-corrected chi connectivity index (χ4v) is 4.26. The second-order valence-corrected chi connectivity index (χ2v) is 8.81. The van der Waals surface area contributed by atoms with Crippen molar-refractivity contribution >= 4 is 33.2 Å². The molecule has 5 nitrogen and oxygen atoms in total. The quantitative estimate of drug-likeness (QED) is 0.722. The molecule has 146 valence electrons. The third-order valence-corrected chi connectivity index (χ3v) is 5.79. The number of anilines is 1. The summed E-state index contributed by atoms with van der Waals surface area (Å²) in [5, 5.41) is 3.40. The summed E-state index contributed by atoms with van der Waals surface area (Å²) < 4.78 is 25.9. The zero-order chi connectivity index (χ0) is 20.0. The minimum atomic E-state index is -3.65. The van der Waals surface area contributed by atoms with E-state index in [1.54, 1.807) is 31.2 Å². The lowest BCUT2D eigenvalue weighted by Crippen LogP contribution is -2.49. The summed E-state index contributed by atoms with van der Waals surface area (Å²) in [5.74, 6) is -0.199. The van der Waals surface area contributed by atoms with E-state index >= 15 is 0 Å². The van der Waals surface area contributed by atoms with Gasteiger partial charge in [-0.05, 0) is 42.2 Å². The molecule has 0 saturated heterocycles. The van der Waals surface area contributed by atoms with Crippen molar-refractivity contribution in [2.75, 3.05) is 17.1 Å². The van der Waals surface area contributed by atoms with Crippen LogP contribution in [-0.2, 0) is 14.8 Å². The van der Waals surface area contributed by atoms with Crippen LogP contribution in [0.2, 0.25) is 5.02 Å². The molecule has 2 rings (SSSR count). The first kappa shape index (κ1) is 21.3. The molecule has 0 bridgehead atoms. The Balaban J connectivity index is 2.18. The van der Waals surface area contributed by atoms with Crippen LogP contribution >= 0.6 is 11.6 Å². The SMILES string of the molecule is CC[C@@H](C(=O)NC[C@H](C)c1ccccc1)N(c1ccc(Cl)cc1)S(C)(=O)=O. The second-order valence-electron chi connectivity index (χ2n) is 6.52. The number of halogens is 1. The van der Waals surface area contributed by atoms with E-state index in [9.17, 15) is 13.2 Å². The summed E-state index contributed by atoms with van der Waals surface area (Å²) in [6.07, 6.45) is 1.45. The second kappa shape index (κ2) is 9.24. The van der Waals surface area contributed by atoms with Crippen LogP contribution in [0.25, 0.3) is 0 Å². The maximum atomic E-state index is 12.8. The maximum Gasteiger partial charge on any atom is 0.243 e. The van der Waals surface area contributed by atoms with Gasteiger partial charge in [-0.25, -0.2) is 8.42 Å². The monoisotopic (exact) mass is 408 g/mol. The number of benzene rings is 2. The third-order valence-electron chi connectivity index (χ3n) is 4.36. The first-order valence-electron chi connectivity index (χ1n) is 8.81. The van der Waals surface area contributed by atoms with Gasteiger partial charge < -0.3 is 5.32 Å². The van der Waals surface area contributed by atoms with E-state index in [0.717, 1.165) is 16.1 Å². The predicted molar refractivity (Wildman–Crippen MR) is 111 cm³/mol. The molecule has 0 saturated carbocycles. The van der Waals surface area contributed by atoms with Gasteiger partial charge in [-0.2, -0.15) is 0 Å². The Hall–Kier alpha value is -2.05. The molecule has 27 heavy (non-hydrogen) atoms. The van der Waals surface area contributed by atoms with Crippen molar-refractivity contribution in [1.29, 1.82) is 0 Å². The van der Waals surface area contributed by atoms with Crippen LogP contribution in [0.15, 0.2) is 54.6 Å². The van der Waals surface area contributed by atoms with Crippen LogP contribution in [0.3, 0.4) is 0 Å². The van der Waals surface area contributed by atoms with Crippen LogP contribution in [-0.4, -0.2) is 33.2 Å². The van der Waals surface area contributed by atoms with Crippen molar-refractivity contribution in [3.8, 4) is 0 Å². The van der Waals surface area contributed by atoms with E-state index in [1.807, 2.05) is 37.3 Å². The predicted octanol–water partition coefficient (Wildman–Crippen LogP) is 3.80. The number of hydrogen-bond donors (Lipinski definition) is 1. The lowest BCUT2D eigenvalue weighted by Gasteiger charge is -2.30. The van der Waals surface area contributed by atoms with E-state index in [2.05, 4.69) is 5.32 Å². The molecule has 1 amide bonds. The Morgan fingerprint density at radius 2 is 1.70 bits per heavy atom. The van der Waals surface area contributed by atoms with E-state index < -0.39 is 16.1 Å². The van der Waals surface area contributed by atoms with Gasteiger partial charge >= 0.3 is 0 Å². The van der Waals surface area contributed by atoms with Gasteiger partial charge in [0.15, 0.2) is 0 Å². The lowest BCUT2D eigenvalue weighted by atomic mass is 10.0. The minimum absolute atomic E-state index is 0.120. The number of amides is 1. The number of hydrogen-bond acceptors (Lipinski definition) is 3. The van der Waals surface area contributed by atoms with Gasteiger partial charge in [0, 0.05) is 11.6 Å². The molecule has 0 radical (unpaired) electrons. The molecule has 0 aromatic heterocycles. The van der Waals surface area contributed by atoms with Gasteiger partial charge in [0.2, 0.25) is 15.9 Å². The van der Waals surface area contributed by atoms with E-state index in [-0.39, 0.29) is 11.8 Å². The summed E-state index contributed by atoms with van der Waals surface area (Å²) in [6.45, 7) is 4.24. The van der Waals surface area contributed by atoms with Crippen molar-refractivity contribution in [2.24, 2.45) is 0 Å². The molecule has 2 aromatic rings. The van der Waals surface area contributed by atoms with Gasteiger partial charge in [0.1, 0.15) is 6.04 Å². The summed E-state index contributed by atoms with van der Waals surface area (Å²) in [7, 11) is -3.65. The molecular formula is C20H25ClN2O3S. The fourth-order valence-electron chi connectivity index (χ4n) is 2.92. The number of nitrogens with zero attached hydrogens (tertiary/aromatic N) is 1. The highest BCUT2D eigenvalue weighted by Gasteiger charge is 2.31. The minimum Gasteiger partial charge on any atom is -0.354 e. The van der Waals surface area contributed by atoms with Crippen molar-refractivity contribution in [3.05, 3.63) is 65.2 Å². The normalized spacial score (nSPS) is 13.6. The largest absolute Gasteiger partial charge is 0.354 e. The van der Waals surface area contributed by atoms with Crippen molar-refractivity contribution < 1.29 is 13.2 Å². The first-order chi connectivity index (χ1) is 12.7. The molecule has 7 heteroatoms. The Bertz CT molecular complexity index is 855. The fraction of sp³-hybridized carbons (Fsp3) is 0.350. The number of sulfonamides is 1. The molecular weight excluding hydrogens is 384 g/mol. The molecule has 0 aliphatic carbocycles. The lowest BCUT2D eigenvalue weighted by molar-refractivity contribution is -0.122. The van der Waals surface area contributed by atoms with Crippen LogP contribution < -0.4 is 9.62 Å². The Kier molecular flexibility index (Phi) is 7.27. The standard InChI is InChI=1S/C20H25ClN2O3S/c1-4-19(20(24)22-14-15(2)16-8-6-5-7-9-16)23(27(3,25)26)18-12-10-17(21)11-13-18/h5-13,15,19H,4,14H2,1-3H3,(H,22,24)/t15-,19-/m0/s1. The Morgan fingerprint density at radius 1 is 1.11 bits per heavy atom. The summed E-state index contributed by atoms with van der Waals surface area (Å²) >= 11 is 5.90. The van der Waals surface area contributed by atoms with E-state index in [0.29, 0.717) is 23.7 Å². The van der Waals surface area contributed by atoms with Crippen molar-refractivity contribution in [2.45, 2.75) is 32.2 Å². The topological polar surface area (TPSA) is 66.5 Å². The van der Waals surface area contributed by atoms with Gasteiger partial charge in [-0.1, -0.05) is 55.8 Å². The highest BCUT2D eigenvalue weighted by Crippen LogP contribution is 2.24. The number of carbonyl (C=O) groups excluding carboxylic acids is 1. The van der Waals surface area contributed by atoms with Crippen LogP contribution in [0, 0.1) is 0 Å². The average molecular weight is 409 g/mol. The van der Waals surface area contributed by atoms with Crippen LogP contribution in [0.5, 0.6) is 0 Å². The van der Waals surface area contributed by atoms with E-state index in [1.165, 1.54) is 0 Å². The zero-order valence-electron chi connectivity index (χ0n) is 15.7. The first-order valence-corrected chi connectivity index (χ1v) is 11.0. The molecule has 2 atom stereocenters. The van der Waals surface area contributed by atoms with E-state index in [4.69, 9.17) is 11.6 Å². The highest BCUT2D eigenvalue weighted by atomic mass is 35.5. The Labute approximate surface area is 166 Å². The molecule has 0 aliphatic heterocycles. The average Bonchev–Trinajstić information content (AvgIpc) is 2.64. The van der Waals surface area contributed by atoms with Gasteiger partial charge in [-0.3, -0.25) is 9.10 Å². The Morgan fingerprint density at radius 3 is 2.22 bits per heavy atom. The van der Waals surface area contributed by atoms with Gasteiger partial charge in [0.05, 0.1) is 11.9 Å². The number of nitrogens with one attached hydrogen (secondary N) is 1. The molecule has 2 aromatic carbocycles. The molecule has 0 fully saturated rings. The number of carbonyl (C=O) groups is 1. The summed E-state index contributed by atoms with van der Waals surface area (Å²) in [6, 6.07) is 15.5. The summed E-state index contributed by atoms with van der Waals surface area (Å²) in [5.41, 5.74) is 1.53. The van der Waals surface area contributed by atoms with Crippen LogP contribution in [0.4, 0.5) is 5.69 Å². The summed E-state index contributed by atoms with van der Waals surface area (Å²) in [4.78, 5) is 12.8. The van der Waals surface area contributed by atoms with Crippen molar-refractivity contribution in [1.82, 2.24) is 5.32 Å². The van der Waals surface area contributed by atoms with Gasteiger partial charge in [-0.15, -0.1) is 0 Å². The number of rotatable bonds is 8. The molecule has 0 heterocycles. The third kappa shape index (κ3) is 5.71. The van der Waals surface area contributed by atoms with Crippen LogP contribution in [0.1, 0.15) is 31.7 Å². The smallest absolute Gasteiger partial charge is 0.243 e. The zero-order valence-corrected chi connectivity index (χ0v) is 17.3. The van der Waals surface area contributed by atoms with Crippen molar-refractivity contribution in [3.63, 3.8) is 0 Å². The molecule has 0 aliphatic rings. The molecule has 1 N–H and O–H groups in total. The molecule has 0 unspecified atom stereocenters. The highest BCUT2D eigenvalue weighted by molar-refractivity contribution is 7.92. The molecule has 0 spiro atoms.